The van der Waals surface area contributed by atoms with Crippen LogP contribution in [-0.2, 0) is 14.1 Å². The van der Waals surface area contributed by atoms with Crippen LogP contribution < -0.4 is 15.4 Å². The minimum atomic E-state index is -2.83. The van der Waals surface area contributed by atoms with Gasteiger partial charge in [-0.05, 0) is 44.0 Å². The summed E-state index contributed by atoms with van der Waals surface area (Å²) in [7, 11) is 2.95. The summed E-state index contributed by atoms with van der Waals surface area (Å²) in [5, 5.41) is 21.5. The largest absolute Gasteiger partial charge is 0.508 e. The number of amides is 2. The van der Waals surface area contributed by atoms with Crippen LogP contribution in [0.3, 0.4) is 0 Å². The first kappa shape index (κ1) is 40.8. The molecule has 0 aliphatic carbocycles. The molecule has 3 N–H and O–H groups in total. The molecule has 0 aliphatic rings. The van der Waals surface area contributed by atoms with E-state index in [0.717, 1.165) is 17.5 Å². The first-order valence-corrected chi connectivity index (χ1v) is 16.5. The Hall–Kier alpha value is -4.40. The lowest BCUT2D eigenvalue weighted by Crippen LogP contribution is -2.14. The highest BCUT2D eigenvalue weighted by Crippen LogP contribution is 2.25. The summed E-state index contributed by atoms with van der Waals surface area (Å²) in [6.45, 7) is 8.41. The summed E-state index contributed by atoms with van der Waals surface area (Å²) >= 11 is 3.43. The molecule has 2 amide bonds. The fourth-order valence-corrected chi connectivity index (χ4v) is 4.86. The Kier molecular flexibility index (Phi) is 16.8. The molecule has 4 aromatic rings. The molecule has 0 spiro atoms. The van der Waals surface area contributed by atoms with Gasteiger partial charge in [0.2, 0.25) is 0 Å². The molecule has 2 heterocycles. The second-order valence-electron chi connectivity index (χ2n) is 11.1. The predicted molar refractivity (Wildman–Crippen MR) is 185 cm³/mol. The summed E-state index contributed by atoms with van der Waals surface area (Å²) in [6.07, 6.45) is 1.43. The van der Waals surface area contributed by atoms with Crippen molar-refractivity contribution in [3.8, 4) is 11.5 Å². The summed E-state index contributed by atoms with van der Waals surface area (Å²) < 4.78 is 59.4. The van der Waals surface area contributed by atoms with Gasteiger partial charge in [-0.25, -0.2) is 17.6 Å². The van der Waals surface area contributed by atoms with E-state index in [1.165, 1.54) is 68.3 Å². The van der Waals surface area contributed by atoms with E-state index in [9.17, 15) is 32.3 Å². The van der Waals surface area contributed by atoms with Crippen LogP contribution in [0.5, 0.6) is 11.5 Å². The molecule has 0 saturated heterocycles. The van der Waals surface area contributed by atoms with Gasteiger partial charge in [0.15, 0.2) is 0 Å². The molecule has 2 atom stereocenters. The van der Waals surface area contributed by atoms with Crippen molar-refractivity contribution >= 4 is 39.1 Å². The molecule has 2 unspecified atom stereocenters. The smallest absolute Gasteiger partial charge is 0.282 e. The van der Waals surface area contributed by atoms with Crippen molar-refractivity contribution < 1.29 is 37.0 Å². The number of phenolic OH excluding ortho intramolecular Hbond substituents is 1. The number of aromatic nitrogens is 4. The number of alkyl halides is 5. The van der Waals surface area contributed by atoms with Crippen LogP contribution in [0.15, 0.2) is 60.9 Å². The Morgan fingerprint density at radius 2 is 1.29 bits per heavy atom. The SMILES string of the molecule is CCCC(C)Br.CCCC(C)Oc1cccc(NC(=O)c2cn(C)nc2C(F)F)c1.Cn1cc(C(=O)Nc2cccc(O)c2)c(C(F)F)n1. The van der Waals surface area contributed by atoms with Crippen LogP contribution in [0.25, 0.3) is 0 Å². The monoisotopic (exact) mass is 754 g/mol. The number of benzene rings is 2. The van der Waals surface area contributed by atoms with Crippen molar-refractivity contribution in [2.75, 3.05) is 10.6 Å². The molecule has 0 bridgehead atoms. The molecule has 0 aliphatic heterocycles. The number of carbonyl (C=O) groups is 2. The van der Waals surface area contributed by atoms with E-state index in [0.29, 0.717) is 22.0 Å². The Bertz CT molecular complexity index is 1630. The van der Waals surface area contributed by atoms with Gasteiger partial charge < -0.3 is 20.5 Å². The number of phenols is 1. The van der Waals surface area contributed by atoms with E-state index in [1.807, 2.05) is 6.92 Å². The standard InChI is InChI=1S/C17H21F2N3O2.C12H11F2N3O2.C5H11Br/c1-4-6-11(2)24-13-8-5-7-12(9-13)20-17(23)14-10-22(3)21-15(14)16(18)19;1-17-6-9(10(16-17)11(13)14)12(19)15-7-3-2-4-8(18)5-7;1-3-4-5(2)6/h5,7-11,16H,4,6H2,1-3H3,(H,20,23);2-6,11,18H,1H3,(H,15,19);5H,3-4H2,1-2H3. The maximum absolute atomic E-state index is 12.9. The quantitative estimate of drug-likeness (QED) is 0.0980. The fraction of sp³-hybridized carbons (Fsp3) is 0.412. The van der Waals surface area contributed by atoms with E-state index < -0.39 is 36.1 Å². The highest BCUT2D eigenvalue weighted by molar-refractivity contribution is 9.09. The van der Waals surface area contributed by atoms with Gasteiger partial charge in [0.05, 0.1) is 17.2 Å². The van der Waals surface area contributed by atoms with Crippen LogP contribution in [-0.4, -0.2) is 47.4 Å². The molecule has 0 radical (unpaired) electrons. The van der Waals surface area contributed by atoms with Gasteiger partial charge in [-0.1, -0.05) is 61.7 Å². The Balaban J connectivity index is 0.000000297. The molecule has 0 fully saturated rings. The van der Waals surface area contributed by atoms with Crippen molar-refractivity contribution in [1.82, 2.24) is 19.6 Å². The van der Waals surface area contributed by atoms with E-state index in [2.05, 4.69) is 57.5 Å². The molecule has 0 saturated carbocycles. The maximum atomic E-state index is 12.9. The number of halogens is 5. The molecular weight excluding hydrogens is 712 g/mol. The third-order valence-electron chi connectivity index (χ3n) is 6.53. The number of ether oxygens (including phenoxy) is 1. The first-order valence-electron chi connectivity index (χ1n) is 15.6. The molecule has 49 heavy (non-hydrogen) atoms. The Morgan fingerprint density at radius 3 is 1.69 bits per heavy atom. The number of nitrogens with zero attached hydrogens (tertiary/aromatic N) is 4. The van der Waals surface area contributed by atoms with Crippen molar-refractivity contribution in [3.05, 3.63) is 83.4 Å². The number of hydrogen-bond acceptors (Lipinski definition) is 6. The minimum absolute atomic E-state index is 0.0296. The number of aryl methyl sites for hydroxylation is 2. The number of aromatic hydroxyl groups is 1. The number of rotatable bonds is 12. The van der Waals surface area contributed by atoms with Crippen molar-refractivity contribution in [1.29, 1.82) is 0 Å². The van der Waals surface area contributed by atoms with Gasteiger partial charge in [0.25, 0.3) is 24.7 Å². The zero-order chi connectivity index (χ0) is 36.7. The van der Waals surface area contributed by atoms with Crippen molar-refractivity contribution in [3.63, 3.8) is 0 Å². The van der Waals surface area contributed by atoms with Gasteiger partial charge in [-0.3, -0.25) is 19.0 Å². The van der Waals surface area contributed by atoms with E-state index in [-0.39, 0.29) is 23.0 Å². The normalized spacial score (nSPS) is 11.9. The number of carbonyl (C=O) groups excluding carboxylic acids is 2. The van der Waals surface area contributed by atoms with Gasteiger partial charge in [0, 0.05) is 54.8 Å². The van der Waals surface area contributed by atoms with Crippen LogP contribution in [0.2, 0.25) is 0 Å². The number of hydrogen-bond donors (Lipinski definition) is 3. The Morgan fingerprint density at radius 1 is 0.816 bits per heavy atom. The summed E-state index contributed by atoms with van der Waals surface area (Å²) in [5.74, 6) is -0.738. The zero-order valence-electron chi connectivity index (χ0n) is 28.3. The summed E-state index contributed by atoms with van der Waals surface area (Å²) in [6, 6.07) is 12.7. The van der Waals surface area contributed by atoms with E-state index in [1.54, 1.807) is 24.3 Å². The van der Waals surface area contributed by atoms with Crippen molar-refractivity contribution in [2.45, 2.75) is 77.2 Å². The third-order valence-corrected chi connectivity index (χ3v) is 6.99. The zero-order valence-corrected chi connectivity index (χ0v) is 29.8. The minimum Gasteiger partial charge on any atom is -0.508 e. The van der Waals surface area contributed by atoms with Crippen LogP contribution >= 0.6 is 15.9 Å². The lowest BCUT2D eigenvalue weighted by molar-refractivity contribution is 0.100. The molecule has 2 aromatic heterocycles. The van der Waals surface area contributed by atoms with Crippen LogP contribution in [0, 0.1) is 0 Å². The first-order chi connectivity index (χ1) is 23.1. The van der Waals surface area contributed by atoms with Crippen LogP contribution in [0.4, 0.5) is 28.9 Å². The van der Waals surface area contributed by atoms with Gasteiger partial charge >= 0.3 is 0 Å². The lowest BCUT2D eigenvalue weighted by Gasteiger charge is -2.14. The van der Waals surface area contributed by atoms with Crippen LogP contribution in [0.1, 0.15) is 98.3 Å². The van der Waals surface area contributed by atoms with Gasteiger partial charge in [0.1, 0.15) is 22.9 Å². The molecule has 4 rings (SSSR count). The average Bonchev–Trinajstić information content (AvgIpc) is 3.61. The number of nitrogens with one attached hydrogen (secondary N) is 2. The molecule has 268 valence electrons. The second kappa shape index (κ2) is 20.2. The molecule has 2 aromatic carbocycles. The highest BCUT2D eigenvalue weighted by atomic mass is 79.9. The second-order valence-corrected chi connectivity index (χ2v) is 12.6. The molecule has 10 nitrogen and oxygen atoms in total. The summed E-state index contributed by atoms with van der Waals surface area (Å²) in [4.78, 5) is 24.8. The third kappa shape index (κ3) is 13.9. The highest BCUT2D eigenvalue weighted by Gasteiger charge is 2.24. The van der Waals surface area contributed by atoms with E-state index >= 15 is 0 Å². The van der Waals surface area contributed by atoms with Gasteiger partial charge in [-0.2, -0.15) is 10.2 Å². The predicted octanol–water partition coefficient (Wildman–Crippen LogP) is 9.06. The Labute approximate surface area is 292 Å². The molecule has 15 heteroatoms. The summed E-state index contributed by atoms with van der Waals surface area (Å²) in [5.41, 5.74) is -0.641. The fourth-order valence-electron chi connectivity index (χ4n) is 4.41. The van der Waals surface area contributed by atoms with E-state index in [4.69, 9.17) is 4.74 Å². The molecular formula is C34H43BrF4N6O4. The maximum Gasteiger partial charge on any atom is 0.282 e. The van der Waals surface area contributed by atoms with Crippen molar-refractivity contribution in [2.24, 2.45) is 14.1 Å². The van der Waals surface area contributed by atoms with Gasteiger partial charge in [-0.15, -0.1) is 0 Å². The average molecular weight is 756 g/mol. The lowest BCUT2D eigenvalue weighted by atomic mass is 10.2. The number of anilines is 2. The topological polar surface area (TPSA) is 123 Å².